The van der Waals surface area contributed by atoms with Gasteiger partial charge in [-0.25, -0.2) is 0 Å². The number of methoxy groups -OCH3 is 1. The van der Waals surface area contributed by atoms with Gasteiger partial charge in [0.1, 0.15) is 5.75 Å². The maximum Gasteiger partial charge on any atom is 0.123 e. The Balaban J connectivity index is 2.27. The Hall–Kier alpha value is -1.17. The van der Waals surface area contributed by atoms with E-state index in [4.69, 9.17) is 10.5 Å². The fourth-order valence-electron chi connectivity index (χ4n) is 1.90. The molecule has 2 rings (SSSR count). The molecule has 3 nitrogen and oxygen atoms in total. The van der Waals surface area contributed by atoms with E-state index in [0.717, 1.165) is 26.2 Å². The monoisotopic (exact) mass is 353 g/mol. The zero-order valence-electron chi connectivity index (χ0n) is 11.1. The number of ether oxygens (including phenoxy) is 1. The topological polar surface area (TPSA) is 52.3 Å². The van der Waals surface area contributed by atoms with E-state index in [1.165, 1.54) is 0 Å². The fourth-order valence-corrected chi connectivity index (χ4v) is 3.62. The van der Waals surface area contributed by atoms with Crippen LogP contribution in [0, 0.1) is 0 Å². The highest BCUT2D eigenvalue weighted by molar-refractivity contribution is 9.10. The molecule has 2 N–H and O–H groups in total. The second-order valence-electron chi connectivity index (χ2n) is 4.30. The summed E-state index contributed by atoms with van der Waals surface area (Å²) in [6, 6.07) is 13.3. The van der Waals surface area contributed by atoms with Gasteiger partial charge in [0.25, 0.3) is 0 Å². The highest BCUT2D eigenvalue weighted by Crippen LogP contribution is 2.24. The lowest BCUT2D eigenvalue weighted by Crippen LogP contribution is -2.02. The summed E-state index contributed by atoms with van der Waals surface area (Å²) < 4.78 is 18.7. The molecule has 0 amide bonds. The van der Waals surface area contributed by atoms with E-state index < -0.39 is 10.8 Å². The Labute approximate surface area is 129 Å². The molecule has 0 saturated carbocycles. The van der Waals surface area contributed by atoms with Crippen molar-refractivity contribution < 1.29 is 8.95 Å². The van der Waals surface area contributed by atoms with Gasteiger partial charge in [0.15, 0.2) is 0 Å². The Morgan fingerprint density at radius 3 is 2.70 bits per heavy atom. The van der Waals surface area contributed by atoms with Crippen LogP contribution in [0.25, 0.3) is 0 Å². The van der Waals surface area contributed by atoms with Crippen LogP contribution in [0.1, 0.15) is 11.1 Å². The first-order chi connectivity index (χ1) is 9.63. The molecule has 0 bridgehead atoms. The number of halogens is 1. The molecule has 0 saturated heterocycles. The van der Waals surface area contributed by atoms with Crippen LogP contribution < -0.4 is 10.5 Å². The van der Waals surface area contributed by atoms with Crippen LogP contribution in [0.15, 0.2) is 51.8 Å². The van der Waals surface area contributed by atoms with Crippen molar-refractivity contribution in [3.8, 4) is 5.75 Å². The minimum absolute atomic E-state index is 0.410. The van der Waals surface area contributed by atoms with Crippen molar-refractivity contribution in [2.24, 2.45) is 5.73 Å². The lowest BCUT2D eigenvalue weighted by Gasteiger charge is -2.10. The van der Waals surface area contributed by atoms with E-state index in [0.29, 0.717) is 12.3 Å². The summed E-state index contributed by atoms with van der Waals surface area (Å²) in [6.07, 6.45) is 0. The number of hydrogen-bond acceptors (Lipinski definition) is 3. The Morgan fingerprint density at radius 2 is 2.05 bits per heavy atom. The number of hydrogen-bond donors (Lipinski definition) is 1. The van der Waals surface area contributed by atoms with Gasteiger partial charge >= 0.3 is 0 Å². The zero-order valence-corrected chi connectivity index (χ0v) is 13.5. The van der Waals surface area contributed by atoms with Gasteiger partial charge < -0.3 is 10.5 Å². The maximum atomic E-state index is 12.4. The molecule has 5 heteroatoms. The molecule has 0 radical (unpaired) electrons. The maximum absolute atomic E-state index is 12.4. The minimum atomic E-state index is -1.12. The molecule has 2 aromatic carbocycles. The molecule has 0 aliphatic rings. The summed E-state index contributed by atoms with van der Waals surface area (Å²) in [7, 11) is 0.496. The Morgan fingerprint density at radius 1 is 1.25 bits per heavy atom. The number of rotatable bonds is 5. The van der Waals surface area contributed by atoms with Crippen molar-refractivity contribution in [1.29, 1.82) is 0 Å². The standard InChI is InChI=1S/C15H16BrNO2S/c1-19-15-6-5-11(9-17)7-12(15)10-20(18)14-4-2-3-13(16)8-14/h2-8H,9-10,17H2,1H3. The van der Waals surface area contributed by atoms with Gasteiger partial charge in [-0.05, 0) is 35.9 Å². The minimum Gasteiger partial charge on any atom is -0.496 e. The predicted molar refractivity (Wildman–Crippen MR) is 85.1 cm³/mol. The highest BCUT2D eigenvalue weighted by atomic mass is 79.9. The third-order valence-corrected chi connectivity index (χ3v) is 4.77. The Kier molecular flexibility index (Phi) is 5.34. The SMILES string of the molecule is COc1ccc(CN)cc1CS(=O)c1cccc(Br)c1. The number of benzene rings is 2. The largest absolute Gasteiger partial charge is 0.496 e. The van der Waals surface area contributed by atoms with Crippen molar-refractivity contribution in [2.75, 3.05) is 7.11 Å². The van der Waals surface area contributed by atoms with Crippen LogP contribution in [0.5, 0.6) is 5.75 Å². The van der Waals surface area contributed by atoms with E-state index in [2.05, 4.69) is 15.9 Å². The molecular formula is C15H16BrNO2S. The molecule has 0 spiro atoms. The summed E-state index contributed by atoms with van der Waals surface area (Å²) in [5.74, 6) is 1.15. The first kappa shape index (κ1) is 15.2. The molecule has 0 aliphatic carbocycles. The number of nitrogens with two attached hydrogens (primary N) is 1. The summed E-state index contributed by atoms with van der Waals surface area (Å²) in [6.45, 7) is 0.459. The lowest BCUT2D eigenvalue weighted by molar-refractivity contribution is 0.411. The van der Waals surface area contributed by atoms with Gasteiger partial charge in [0.05, 0.1) is 23.7 Å². The molecule has 106 valence electrons. The van der Waals surface area contributed by atoms with E-state index in [-0.39, 0.29) is 0 Å². The van der Waals surface area contributed by atoms with E-state index >= 15 is 0 Å². The van der Waals surface area contributed by atoms with Crippen LogP contribution >= 0.6 is 15.9 Å². The van der Waals surface area contributed by atoms with Crippen molar-refractivity contribution in [3.63, 3.8) is 0 Å². The quantitative estimate of drug-likeness (QED) is 0.897. The van der Waals surface area contributed by atoms with Crippen molar-refractivity contribution in [3.05, 3.63) is 58.1 Å². The van der Waals surface area contributed by atoms with E-state index in [1.54, 1.807) is 7.11 Å². The first-order valence-corrected chi connectivity index (χ1v) is 8.25. The smallest absolute Gasteiger partial charge is 0.123 e. The van der Waals surface area contributed by atoms with Crippen LogP contribution in [-0.4, -0.2) is 11.3 Å². The third kappa shape index (κ3) is 3.69. The van der Waals surface area contributed by atoms with Gasteiger partial charge in [-0.1, -0.05) is 28.1 Å². The molecule has 0 aromatic heterocycles. The van der Waals surface area contributed by atoms with Gasteiger partial charge in [-0.2, -0.15) is 0 Å². The van der Waals surface area contributed by atoms with Crippen molar-refractivity contribution in [2.45, 2.75) is 17.2 Å². The van der Waals surface area contributed by atoms with Crippen LogP contribution in [0.4, 0.5) is 0 Å². The second kappa shape index (κ2) is 7.02. The van der Waals surface area contributed by atoms with Gasteiger partial charge in [-0.3, -0.25) is 4.21 Å². The fraction of sp³-hybridized carbons (Fsp3) is 0.200. The highest BCUT2D eigenvalue weighted by Gasteiger charge is 2.10. The van der Waals surface area contributed by atoms with Gasteiger partial charge in [0.2, 0.25) is 0 Å². The predicted octanol–water partition coefficient (Wildman–Crippen LogP) is 3.22. The van der Waals surface area contributed by atoms with E-state index in [1.807, 2.05) is 42.5 Å². The van der Waals surface area contributed by atoms with Crippen molar-refractivity contribution >= 4 is 26.7 Å². The molecule has 1 unspecified atom stereocenters. The molecule has 2 aromatic rings. The average Bonchev–Trinajstić information content (AvgIpc) is 2.47. The van der Waals surface area contributed by atoms with Crippen molar-refractivity contribution in [1.82, 2.24) is 0 Å². The normalized spacial score (nSPS) is 12.2. The summed E-state index contributed by atoms with van der Waals surface area (Å²) in [5.41, 5.74) is 7.57. The summed E-state index contributed by atoms with van der Waals surface area (Å²) in [4.78, 5) is 0.791. The third-order valence-electron chi connectivity index (χ3n) is 2.93. The average molecular weight is 354 g/mol. The molecule has 0 aliphatic heterocycles. The second-order valence-corrected chi connectivity index (χ2v) is 6.66. The lowest BCUT2D eigenvalue weighted by atomic mass is 10.1. The zero-order chi connectivity index (χ0) is 14.5. The van der Waals surface area contributed by atoms with Crippen LogP contribution in [0.2, 0.25) is 0 Å². The van der Waals surface area contributed by atoms with E-state index in [9.17, 15) is 4.21 Å². The summed E-state index contributed by atoms with van der Waals surface area (Å²) in [5, 5.41) is 0. The van der Waals surface area contributed by atoms with Crippen LogP contribution in [-0.2, 0) is 23.1 Å². The summed E-state index contributed by atoms with van der Waals surface area (Å²) >= 11 is 3.39. The van der Waals surface area contributed by atoms with Crippen LogP contribution in [0.3, 0.4) is 0 Å². The first-order valence-electron chi connectivity index (χ1n) is 6.14. The molecular weight excluding hydrogens is 338 g/mol. The van der Waals surface area contributed by atoms with Gasteiger partial charge in [-0.15, -0.1) is 0 Å². The molecule has 0 fully saturated rings. The molecule has 0 heterocycles. The molecule has 1 atom stereocenters. The molecule has 20 heavy (non-hydrogen) atoms. The van der Waals surface area contributed by atoms with Gasteiger partial charge in [0, 0.05) is 21.5 Å². The Bertz CT molecular complexity index is 631.